The quantitative estimate of drug-likeness (QED) is 0.350. The van der Waals surface area contributed by atoms with Crippen LogP contribution >= 0.6 is 0 Å². The number of ether oxygens (including phenoxy) is 1. The third-order valence-corrected chi connectivity index (χ3v) is 6.48. The Labute approximate surface area is 173 Å². The molecule has 0 heterocycles. The van der Waals surface area contributed by atoms with E-state index in [0.29, 0.717) is 11.1 Å². The number of carbonyl (C=O) groups is 1. The minimum Gasteiger partial charge on any atom is -0.466 e. The van der Waals surface area contributed by atoms with Crippen LogP contribution in [0.2, 0.25) is 0 Å². The Morgan fingerprint density at radius 2 is 1.59 bits per heavy atom. The Balaban J connectivity index is 3.41. The van der Waals surface area contributed by atoms with E-state index in [1.165, 1.54) is 13.2 Å². The zero-order chi connectivity index (χ0) is 22.6. The molecule has 0 aliphatic rings. The maximum absolute atomic E-state index is 13.1. The normalized spacial score (nSPS) is 14.9. The largest absolute Gasteiger partial charge is 0.466 e. The standard InChI is InChI=1S/C19H29NO7S2/c1-12(2)18(16(27-28(7,22)23)8-9-17(21)26-6)20-29(24,25)19-14(4)10-13(3)11-15(19)5/h8-12,16,18,20H,1-7H3/b9-8+/t16-,18+/m1/s1. The summed E-state index contributed by atoms with van der Waals surface area (Å²) in [5, 5.41) is 0. The molecule has 29 heavy (non-hydrogen) atoms. The molecule has 10 heteroatoms. The van der Waals surface area contributed by atoms with Gasteiger partial charge >= 0.3 is 5.97 Å². The Morgan fingerprint density at radius 1 is 1.07 bits per heavy atom. The second-order valence-corrected chi connectivity index (χ2v) is 10.5. The van der Waals surface area contributed by atoms with Crippen LogP contribution in [0.1, 0.15) is 30.5 Å². The predicted molar refractivity (Wildman–Crippen MR) is 110 cm³/mol. The zero-order valence-electron chi connectivity index (χ0n) is 17.7. The molecule has 8 nitrogen and oxygen atoms in total. The first-order valence-corrected chi connectivity index (χ1v) is 12.2. The molecule has 0 aromatic heterocycles. The molecule has 164 valence electrons. The van der Waals surface area contributed by atoms with Crippen LogP contribution in [0, 0.1) is 26.7 Å². The van der Waals surface area contributed by atoms with Gasteiger partial charge in [0.15, 0.2) is 0 Å². The molecule has 1 aromatic carbocycles. The van der Waals surface area contributed by atoms with Gasteiger partial charge in [0.1, 0.15) is 6.10 Å². The van der Waals surface area contributed by atoms with Gasteiger partial charge in [-0.05, 0) is 43.9 Å². The molecule has 0 radical (unpaired) electrons. The van der Waals surface area contributed by atoms with Crippen molar-refractivity contribution in [3.63, 3.8) is 0 Å². The van der Waals surface area contributed by atoms with E-state index in [9.17, 15) is 21.6 Å². The fourth-order valence-electron chi connectivity index (χ4n) is 3.07. The van der Waals surface area contributed by atoms with Crippen LogP contribution in [0.3, 0.4) is 0 Å². The average molecular weight is 448 g/mol. The van der Waals surface area contributed by atoms with Crippen LogP contribution in [0.15, 0.2) is 29.2 Å². The summed E-state index contributed by atoms with van der Waals surface area (Å²) in [6.45, 7) is 8.69. The summed E-state index contributed by atoms with van der Waals surface area (Å²) in [6.07, 6.45) is 1.79. The van der Waals surface area contributed by atoms with E-state index in [1.54, 1.807) is 39.8 Å². The molecular formula is C19H29NO7S2. The van der Waals surface area contributed by atoms with E-state index in [0.717, 1.165) is 17.9 Å². The molecule has 1 N–H and O–H groups in total. The summed E-state index contributed by atoms with van der Waals surface area (Å²) < 4.78 is 61.8. The molecule has 0 saturated carbocycles. The highest BCUT2D eigenvalue weighted by atomic mass is 32.2. The monoisotopic (exact) mass is 447 g/mol. The lowest BCUT2D eigenvalue weighted by Crippen LogP contribution is -2.48. The van der Waals surface area contributed by atoms with Gasteiger partial charge in [-0.25, -0.2) is 17.9 Å². The van der Waals surface area contributed by atoms with Gasteiger partial charge in [-0.2, -0.15) is 8.42 Å². The molecule has 0 aliphatic carbocycles. The van der Waals surface area contributed by atoms with E-state index in [4.69, 9.17) is 4.18 Å². The molecule has 1 rings (SSSR count). The maximum Gasteiger partial charge on any atom is 0.330 e. The molecule has 0 bridgehead atoms. The summed E-state index contributed by atoms with van der Waals surface area (Å²) in [5.41, 5.74) is 2.07. The van der Waals surface area contributed by atoms with Gasteiger partial charge in [-0.3, -0.25) is 4.18 Å². The fraction of sp³-hybridized carbons (Fsp3) is 0.526. The van der Waals surface area contributed by atoms with Crippen molar-refractivity contribution < 1.29 is 30.6 Å². The molecular weight excluding hydrogens is 418 g/mol. The second-order valence-electron chi connectivity index (χ2n) is 7.27. The van der Waals surface area contributed by atoms with Crippen molar-refractivity contribution in [2.45, 2.75) is 51.7 Å². The molecule has 0 aliphatic heterocycles. The first-order chi connectivity index (χ1) is 13.2. The highest BCUT2D eigenvalue weighted by Gasteiger charge is 2.32. The highest BCUT2D eigenvalue weighted by molar-refractivity contribution is 7.89. The topological polar surface area (TPSA) is 116 Å². The van der Waals surface area contributed by atoms with Crippen LogP contribution in [0.5, 0.6) is 0 Å². The van der Waals surface area contributed by atoms with E-state index < -0.39 is 38.3 Å². The number of benzene rings is 1. The van der Waals surface area contributed by atoms with Crippen molar-refractivity contribution in [2.24, 2.45) is 5.92 Å². The van der Waals surface area contributed by atoms with Gasteiger partial charge in [-0.15, -0.1) is 0 Å². The maximum atomic E-state index is 13.1. The van der Waals surface area contributed by atoms with Gasteiger partial charge in [0.05, 0.1) is 24.3 Å². The minimum atomic E-state index is -4.00. The van der Waals surface area contributed by atoms with E-state index >= 15 is 0 Å². The van der Waals surface area contributed by atoms with Crippen molar-refractivity contribution in [1.29, 1.82) is 0 Å². The Morgan fingerprint density at radius 3 is 2.00 bits per heavy atom. The molecule has 2 atom stereocenters. The van der Waals surface area contributed by atoms with E-state index in [2.05, 4.69) is 9.46 Å². The number of carbonyl (C=O) groups excluding carboxylic acids is 1. The van der Waals surface area contributed by atoms with Gasteiger partial charge < -0.3 is 4.74 Å². The highest BCUT2D eigenvalue weighted by Crippen LogP contribution is 2.24. The Kier molecular flexibility index (Phi) is 8.58. The number of esters is 1. The number of sulfonamides is 1. The van der Waals surface area contributed by atoms with Crippen LogP contribution in [-0.2, 0) is 33.9 Å². The Hall–Kier alpha value is -1.75. The predicted octanol–water partition coefficient (Wildman–Crippen LogP) is 1.99. The summed E-state index contributed by atoms with van der Waals surface area (Å²) in [5.74, 6) is -1.08. The molecule has 0 unspecified atom stereocenters. The van der Waals surface area contributed by atoms with Crippen molar-refractivity contribution in [1.82, 2.24) is 4.72 Å². The van der Waals surface area contributed by atoms with Gasteiger partial charge in [0.2, 0.25) is 10.0 Å². The third-order valence-electron chi connectivity index (χ3n) is 4.15. The summed E-state index contributed by atoms with van der Waals surface area (Å²) in [4.78, 5) is 11.6. The van der Waals surface area contributed by atoms with Crippen LogP contribution in [0.4, 0.5) is 0 Å². The molecule has 1 aromatic rings. The summed E-state index contributed by atoms with van der Waals surface area (Å²) in [7, 11) is -6.77. The smallest absolute Gasteiger partial charge is 0.330 e. The van der Waals surface area contributed by atoms with Crippen LogP contribution in [0.25, 0.3) is 0 Å². The number of methoxy groups -OCH3 is 1. The van der Waals surface area contributed by atoms with Gasteiger partial charge in [-0.1, -0.05) is 31.5 Å². The number of rotatable bonds is 9. The molecule has 0 amide bonds. The third kappa shape index (κ3) is 7.54. The van der Waals surface area contributed by atoms with E-state index in [-0.39, 0.29) is 10.8 Å². The second kappa shape index (κ2) is 9.84. The first kappa shape index (κ1) is 25.3. The van der Waals surface area contributed by atoms with Crippen molar-refractivity contribution in [2.75, 3.05) is 13.4 Å². The van der Waals surface area contributed by atoms with Crippen molar-refractivity contribution in [3.05, 3.63) is 41.0 Å². The number of hydrogen-bond acceptors (Lipinski definition) is 7. The van der Waals surface area contributed by atoms with E-state index in [1.807, 2.05) is 6.92 Å². The summed E-state index contributed by atoms with van der Waals surface area (Å²) in [6, 6.07) is 2.55. The van der Waals surface area contributed by atoms with Gasteiger partial charge in [0, 0.05) is 6.08 Å². The first-order valence-electron chi connectivity index (χ1n) is 8.92. The van der Waals surface area contributed by atoms with Crippen LogP contribution in [-0.4, -0.2) is 48.3 Å². The minimum absolute atomic E-state index is 0.129. The van der Waals surface area contributed by atoms with Crippen LogP contribution < -0.4 is 4.72 Å². The number of aryl methyl sites for hydroxylation is 3. The lowest BCUT2D eigenvalue weighted by atomic mass is 9.99. The fourth-order valence-corrected chi connectivity index (χ4v) is 5.50. The zero-order valence-corrected chi connectivity index (χ0v) is 19.3. The SMILES string of the molecule is COC(=O)/C=C/[C@@H](OS(C)(=O)=O)[C@@H](NS(=O)(=O)c1c(C)cc(C)cc1C)C(C)C. The van der Waals surface area contributed by atoms with Crippen molar-refractivity contribution in [3.8, 4) is 0 Å². The molecule has 0 fully saturated rings. The average Bonchev–Trinajstić information content (AvgIpc) is 2.53. The van der Waals surface area contributed by atoms with Gasteiger partial charge in [0.25, 0.3) is 10.1 Å². The lowest BCUT2D eigenvalue weighted by Gasteiger charge is -2.28. The molecule has 0 saturated heterocycles. The number of nitrogens with one attached hydrogen (secondary N) is 1. The number of hydrogen-bond donors (Lipinski definition) is 1. The van der Waals surface area contributed by atoms with Crippen molar-refractivity contribution >= 4 is 26.1 Å². The summed E-state index contributed by atoms with van der Waals surface area (Å²) >= 11 is 0. The molecule has 0 spiro atoms. The lowest BCUT2D eigenvalue weighted by molar-refractivity contribution is -0.134. The Bertz CT molecular complexity index is 957.